The molecule has 3 unspecified atom stereocenters. The maximum Gasteiger partial charge on any atom is 0.231 e. The first-order valence-electron chi connectivity index (χ1n) is 9.42. The number of methoxy groups -OCH3 is 1. The largest absolute Gasteiger partial charge is 0.504 e. The zero-order valence-corrected chi connectivity index (χ0v) is 18.2. The topological polar surface area (TPSA) is 85.2 Å². The Hall–Kier alpha value is -2.04. The van der Waals surface area contributed by atoms with Gasteiger partial charge in [-0.1, -0.05) is 6.07 Å². The number of fused-ring (bicyclic) bond motifs is 5. The van der Waals surface area contributed by atoms with Gasteiger partial charge in [-0.3, -0.25) is 4.79 Å². The molecule has 0 saturated carbocycles. The van der Waals surface area contributed by atoms with E-state index in [0.29, 0.717) is 39.4 Å². The van der Waals surface area contributed by atoms with E-state index >= 15 is 0 Å². The number of likely N-dealkylation sites (N-methyl/N-ethyl adjacent to an activating group) is 1. The van der Waals surface area contributed by atoms with Crippen molar-refractivity contribution in [2.45, 2.75) is 25.1 Å². The third-order valence-corrected chi connectivity index (χ3v) is 7.05. The highest BCUT2D eigenvalue weighted by molar-refractivity contribution is 14.1. The van der Waals surface area contributed by atoms with Crippen LogP contribution in [0.15, 0.2) is 18.2 Å². The molecule has 0 aliphatic carbocycles. The van der Waals surface area contributed by atoms with Crippen molar-refractivity contribution in [2.24, 2.45) is 0 Å². The average molecular weight is 510 g/mol. The number of quaternary nitrogens is 1. The molecular formula is C21H21INO6+. The van der Waals surface area contributed by atoms with Crippen molar-refractivity contribution < 1.29 is 33.7 Å². The standard InChI is InChI=1S/C21H20INO6/c1-23-6-5-10-7-14-20(29-9-28-14)18(25)15(10)16(23)17(24)11-3-4-12(21(22)26)19(27-2)13(11)8-23/h3-4,7,16-17,24H,5-6,8-9H2,1-2H3/p+1. The zero-order chi connectivity index (χ0) is 20.5. The number of ether oxygens (including phenoxy) is 3. The van der Waals surface area contributed by atoms with Gasteiger partial charge in [-0.25, -0.2) is 0 Å². The molecule has 0 spiro atoms. The molecule has 0 aromatic heterocycles. The number of hydrogen-bond donors (Lipinski definition) is 2. The van der Waals surface area contributed by atoms with Crippen LogP contribution in [-0.4, -0.2) is 46.0 Å². The number of phenolic OH excluding ortho intramolecular Hbond substituents is 1. The SMILES string of the molecule is COc1c(C(=O)I)ccc2c1C[N+]1(C)CCc3cc4c(c(O)c3C1C2O)OCO4. The zero-order valence-electron chi connectivity index (χ0n) is 16.1. The Balaban J connectivity index is 1.71. The molecule has 3 heterocycles. The maximum absolute atomic E-state index is 12.1. The number of aliphatic hydroxyl groups is 1. The van der Waals surface area contributed by atoms with Crippen LogP contribution in [0.3, 0.4) is 0 Å². The lowest BCUT2D eigenvalue weighted by Crippen LogP contribution is -2.55. The van der Waals surface area contributed by atoms with Crippen molar-refractivity contribution in [1.82, 2.24) is 0 Å². The summed E-state index contributed by atoms with van der Waals surface area (Å²) in [6.07, 6.45) is -0.122. The van der Waals surface area contributed by atoms with Crippen LogP contribution in [0.5, 0.6) is 23.0 Å². The third kappa shape index (κ3) is 2.58. The molecule has 7 nitrogen and oxygen atoms in total. The lowest BCUT2D eigenvalue weighted by Gasteiger charge is -2.50. The fourth-order valence-electron chi connectivity index (χ4n) is 5.13. The van der Waals surface area contributed by atoms with Crippen LogP contribution in [0, 0.1) is 0 Å². The Kier molecular flexibility index (Phi) is 4.24. The van der Waals surface area contributed by atoms with Crippen LogP contribution in [0.1, 0.15) is 44.8 Å². The minimum absolute atomic E-state index is 0.0533. The van der Waals surface area contributed by atoms with Crippen LogP contribution in [-0.2, 0) is 13.0 Å². The molecular weight excluding hydrogens is 489 g/mol. The van der Waals surface area contributed by atoms with Gasteiger partial charge in [0.15, 0.2) is 11.5 Å². The van der Waals surface area contributed by atoms with Gasteiger partial charge in [-0.05, 0) is 23.3 Å². The van der Waals surface area contributed by atoms with Crippen LogP contribution in [0.25, 0.3) is 0 Å². The van der Waals surface area contributed by atoms with Crippen LogP contribution in [0.4, 0.5) is 0 Å². The molecule has 0 fully saturated rings. The van der Waals surface area contributed by atoms with Crippen molar-refractivity contribution in [3.05, 3.63) is 46.0 Å². The first-order chi connectivity index (χ1) is 13.9. The van der Waals surface area contributed by atoms with Gasteiger partial charge >= 0.3 is 0 Å². The van der Waals surface area contributed by atoms with Crippen molar-refractivity contribution in [3.8, 4) is 23.0 Å². The van der Waals surface area contributed by atoms with Gasteiger partial charge in [-0.15, -0.1) is 0 Å². The summed E-state index contributed by atoms with van der Waals surface area (Å²) < 4.78 is 16.9. The maximum atomic E-state index is 12.1. The fraction of sp³-hybridized carbons (Fsp3) is 0.381. The van der Waals surface area contributed by atoms with E-state index in [1.807, 2.05) is 6.07 Å². The van der Waals surface area contributed by atoms with Gasteiger partial charge < -0.3 is 28.9 Å². The predicted octanol–water partition coefficient (Wildman–Crippen LogP) is 3.00. The Labute approximate surface area is 181 Å². The molecule has 0 amide bonds. The van der Waals surface area contributed by atoms with Crippen molar-refractivity contribution in [3.63, 3.8) is 0 Å². The predicted molar refractivity (Wildman–Crippen MR) is 112 cm³/mol. The summed E-state index contributed by atoms with van der Waals surface area (Å²) in [5.41, 5.74) is 3.78. The number of phenols is 1. The lowest BCUT2D eigenvalue weighted by atomic mass is 9.79. The molecule has 3 aliphatic rings. The Morgan fingerprint density at radius 2 is 2.14 bits per heavy atom. The van der Waals surface area contributed by atoms with Crippen LogP contribution in [0.2, 0.25) is 0 Å². The molecule has 152 valence electrons. The molecule has 3 aliphatic heterocycles. The molecule has 5 rings (SSSR count). The van der Waals surface area contributed by atoms with Gasteiger partial charge in [0.25, 0.3) is 0 Å². The number of rotatable bonds is 2. The van der Waals surface area contributed by atoms with E-state index in [4.69, 9.17) is 14.2 Å². The summed E-state index contributed by atoms with van der Waals surface area (Å²) in [6, 6.07) is 5.07. The molecule has 0 bridgehead atoms. The summed E-state index contributed by atoms with van der Waals surface area (Å²) in [5.74, 6) is 1.48. The highest BCUT2D eigenvalue weighted by atomic mass is 127. The highest BCUT2D eigenvalue weighted by Crippen LogP contribution is 2.56. The molecule has 8 heteroatoms. The minimum Gasteiger partial charge on any atom is -0.504 e. The second kappa shape index (κ2) is 6.48. The average Bonchev–Trinajstić information content (AvgIpc) is 3.16. The molecule has 0 saturated heterocycles. The minimum atomic E-state index is -0.860. The summed E-state index contributed by atoms with van der Waals surface area (Å²) >= 11 is 1.75. The molecule has 2 N–H and O–H groups in total. The number of halogens is 1. The molecule has 29 heavy (non-hydrogen) atoms. The smallest absolute Gasteiger partial charge is 0.231 e. The summed E-state index contributed by atoms with van der Waals surface area (Å²) in [4.78, 5) is 12.1. The molecule has 0 radical (unpaired) electrons. The summed E-state index contributed by atoms with van der Waals surface area (Å²) in [7, 11) is 3.62. The number of aliphatic hydroxyl groups excluding tert-OH is 1. The highest BCUT2D eigenvalue weighted by Gasteiger charge is 2.51. The first-order valence-corrected chi connectivity index (χ1v) is 10.5. The number of benzene rings is 2. The van der Waals surface area contributed by atoms with E-state index in [2.05, 4.69) is 7.05 Å². The summed E-state index contributed by atoms with van der Waals surface area (Å²) in [6.45, 7) is 1.45. The van der Waals surface area contributed by atoms with E-state index in [-0.39, 0.29) is 22.4 Å². The van der Waals surface area contributed by atoms with Crippen molar-refractivity contribution in [1.29, 1.82) is 0 Å². The fourth-order valence-corrected chi connectivity index (χ4v) is 5.56. The molecule has 2 aromatic carbocycles. The Bertz CT molecular complexity index is 1050. The number of hydrogen-bond acceptors (Lipinski definition) is 6. The quantitative estimate of drug-likeness (QED) is 0.367. The monoisotopic (exact) mass is 510 g/mol. The second-order valence-electron chi connectivity index (χ2n) is 8.02. The Morgan fingerprint density at radius 3 is 2.86 bits per heavy atom. The van der Waals surface area contributed by atoms with Gasteiger partial charge in [0.05, 0.1) is 37.4 Å². The third-order valence-electron chi connectivity index (χ3n) is 6.47. The van der Waals surface area contributed by atoms with Crippen molar-refractivity contribution >= 4 is 26.4 Å². The second-order valence-corrected chi connectivity index (χ2v) is 9.00. The van der Waals surface area contributed by atoms with Gasteiger partial charge in [0.1, 0.15) is 24.4 Å². The number of aromatic hydroxyl groups is 1. The number of nitrogens with zero attached hydrogens (tertiary/aromatic N) is 1. The molecule has 2 aromatic rings. The van der Waals surface area contributed by atoms with E-state index in [9.17, 15) is 15.0 Å². The van der Waals surface area contributed by atoms with E-state index in [1.54, 1.807) is 41.8 Å². The van der Waals surface area contributed by atoms with E-state index < -0.39 is 6.10 Å². The summed E-state index contributed by atoms with van der Waals surface area (Å²) in [5, 5.41) is 22.4. The number of carbonyl (C=O) groups is 1. The van der Waals surface area contributed by atoms with Gasteiger partial charge in [0, 0.05) is 29.0 Å². The lowest BCUT2D eigenvalue weighted by molar-refractivity contribution is -0.960. The first kappa shape index (κ1) is 19.0. The van der Waals surface area contributed by atoms with Crippen molar-refractivity contribution in [2.75, 3.05) is 27.5 Å². The van der Waals surface area contributed by atoms with Crippen LogP contribution < -0.4 is 14.2 Å². The van der Waals surface area contributed by atoms with E-state index in [0.717, 1.165) is 29.7 Å². The van der Waals surface area contributed by atoms with Gasteiger partial charge in [0.2, 0.25) is 16.3 Å². The van der Waals surface area contributed by atoms with Crippen LogP contribution >= 0.6 is 22.6 Å². The normalized spacial score (nSPS) is 26.3. The Morgan fingerprint density at radius 1 is 1.34 bits per heavy atom. The number of carbonyl (C=O) groups excluding carboxylic acids is 1. The molecule has 3 atom stereocenters. The van der Waals surface area contributed by atoms with E-state index in [1.165, 1.54) is 0 Å². The van der Waals surface area contributed by atoms with Gasteiger partial charge in [-0.2, -0.15) is 0 Å².